The molecular weight excluding hydrogens is 334 g/mol. The maximum atomic E-state index is 12.0. The fourth-order valence-corrected chi connectivity index (χ4v) is 2.34. The van der Waals surface area contributed by atoms with E-state index in [0.29, 0.717) is 28.5 Å². The summed E-state index contributed by atoms with van der Waals surface area (Å²) < 4.78 is 5.55. The first-order chi connectivity index (χ1) is 9.99. The highest BCUT2D eigenvalue weighted by Gasteiger charge is 2.11. The molecule has 0 fully saturated rings. The molecule has 0 bridgehead atoms. The molecule has 0 radical (unpaired) electrons. The van der Waals surface area contributed by atoms with Crippen molar-refractivity contribution < 1.29 is 4.74 Å². The molecule has 0 aliphatic carbocycles. The molecule has 21 heavy (non-hydrogen) atoms. The Hall–Kier alpha value is -1.69. The van der Waals surface area contributed by atoms with Gasteiger partial charge in [0.2, 0.25) is 5.88 Å². The van der Waals surface area contributed by atoms with Crippen molar-refractivity contribution in [3.8, 4) is 5.88 Å². The van der Waals surface area contributed by atoms with Gasteiger partial charge in [-0.1, -0.05) is 19.9 Å². The predicted molar refractivity (Wildman–Crippen MR) is 84.7 cm³/mol. The average Bonchev–Trinajstić information content (AvgIpc) is 2.44. The Balaban J connectivity index is 2.26. The molecule has 0 amide bonds. The Labute approximate surface area is 131 Å². The number of pyridine rings is 1. The molecule has 0 aliphatic rings. The summed E-state index contributed by atoms with van der Waals surface area (Å²) in [7, 11) is 1.58. The first kappa shape index (κ1) is 15.7. The topological polar surface area (TPSA) is 67.9 Å². The minimum atomic E-state index is -0.142. The van der Waals surface area contributed by atoms with Crippen LogP contribution >= 0.6 is 15.9 Å². The molecule has 0 saturated heterocycles. The number of methoxy groups -OCH3 is 1. The lowest BCUT2D eigenvalue weighted by Crippen LogP contribution is -2.17. The molecule has 5 nitrogen and oxygen atoms in total. The highest BCUT2D eigenvalue weighted by molar-refractivity contribution is 9.10. The Morgan fingerprint density at radius 1 is 1.38 bits per heavy atom. The minimum absolute atomic E-state index is 0.142. The normalized spacial score (nSPS) is 10.9. The monoisotopic (exact) mass is 351 g/mol. The number of aromatic amines is 1. The Morgan fingerprint density at radius 2 is 2.14 bits per heavy atom. The number of H-pyrrole nitrogens is 1. The van der Waals surface area contributed by atoms with Gasteiger partial charge >= 0.3 is 0 Å². The van der Waals surface area contributed by atoms with Crippen molar-refractivity contribution in [3.05, 3.63) is 50.2 Å². The molecule has 0 atom stereocenters. The number of hydrogen-bond donors (Lipinski definition) is 1. The first-order valence-electron chi connectivity index (χ1n) is 6.76. The maximum absolute atomic E-state index is 12.0. The molecule has 6 heteroatoms. The third-order valence-corrected chi connectivity index (χ3v) is 3.78. The van der Waals surface area contributed by atoms with Crippen LogP contribution < -0.4 is 10.3 Å². The van der Waals surface area contributed by atoms with Gasteiger partial charge in [0.05, 0.1) is 12.8 Å². The quantitative estimate of drug-likeness (QED) is 0.899. The third-order valence-electron chi connectivity index (χ3n) is 2.96. The van der Waals surface area contributed by atoms with E-state index in [0.717, 1.165) is 17.7 Å². The van der Waals surface area contributed by atoms with Gasteiger partial charge in [0.15, 0.2) is 0 Å². The van der Waals surface area contributed by atoms with Crippen LogP contribution in [0.25, 0.3) is 0 Å². The summed E-state index contributed by atoms with van der Waals surface area (Å²) in [5.41, 5.74) is 1.62. The zero-order valence-electron chi connectivity index (χ0n) is 12.3. The van der Waals surface area contributed by atoms with Gasteiger partial charge in [-0.05, 0) is 33.8 Å². The van der Waals surface area contributed by atoms with Crippen LogP contribution in [0.5, 0.6) is 5.88 Å². The van der Waals surface area contributed by atoms with E-state index in [1.807, 2.05) is 6.07 Å². The molecule has 2 aromatic heterocycles. The Bertz CT molecular complexity index is 666. The molecule has 0 aliphatic heterocycles. The summed E-state index contributed by atoms with van der Waals surface area (Å²) in [6.45, 7) is 4.20. The van der Waals surface area contributed by atoms with Crippen LogP contribution in [0.4, 0.5) is 0 Å². The molecule has 112 valence electrons. The summed E-state index contributed by atoms with van der Waals surface area (Å²) in [5.74, 6) is 1.65. The molecule has 0 saturated carbocycles. The summed E-state index contributed by atoms with van der Waals surface area (Å²) in [5, 5.41) is 0. The molecule has 0 unspecified atom stereocenters. The van der Waals surface area contributed by atoms with Gasteiger partial charge < -0.3 is 9.72 Å². The number of ether oxygens (including phenoxy) is 1. The third kappa shape index (κ3) is 4.14. The second-order valence-electron chi connectivity index (χ2n) is 5.26. The van der Waals surface area contributed by atoms with Crippen molar-refractivity contribution in [2.45, 2.75) is 26.7 Å². The van der Waals surface area contributed by atoms with Gasteiger partial charge in [-0.25, -0.2) is 9.97 Å². The number of rotatable bonds is 5. The summed E-state index contributed by atoms with van der Waals surface area (Å²) in [6, 6.07) is 3.71. The number of aromatic nitrogens is 3. The molecule has 2 rings (SSSR count). The van der Waals surface area contributed by atoms with Crippen LogP contribution in [0.3, 0.4) is 0 Å². The van der Waals surface area contributed by atoms with Crippen molar-refractivity contribution >= 4 is 15.9 Å². The summed E-state index contributed by atoms with van der Waals surface area (Å²) in [6.07, 6.45) is 3.02. The smallest absolute Gasteiger partial charge is 0.265 e. The van der Waals surface area contributed by atoms with Crippen molar-refractivity contribution in [1.82, 2.24) is 15.0 Å². The van der Waals surface area contributed by atoms with Crippen LogP contribution in [0.2, 0.25) is 0 Å². The average molecular weight is 352 g/mol. The van der Waals surface area contributed by atoms with E-state index in [-0.39, 0.29) is 5.56 Å². The van der Waals surface area contributed by atoms with Crippen LogP contribution in [0, 0.1) is 5.92 Å². The van der Waals surface area contributed by atoms with Crippen molar-refractivity contribution in [2.75, 3.05) is 7.11 Å². The minimum Gasteiger partial charge on any atom is -0.481 e. The SMILES string of the molecule is COc1ccc(Cc2nc(CC(C)C)c(Br)c(=O)[nH]2)cn1. The highest BCUT2D eigenvalue weighted by atomic mass is 79.9. The molecule has 0 spiro atoms. The summed E-state index contributed by atoms with van der Waals surface area (Å²) in [4.78, 5) is 23.5. The van der Waals surface area contributed by atoms with E-state index in [2.05, 4.69) is 44.7 Å². The molecule has 2 heterocycles. The number of halogens is 1. The zero-order chi connectivity index (χ0) is 15.4. The molecule has 0 aromatic carbocycles. The van der Waals surface area contributed by atoms with E-state index in [1.165, 1.54) is 0 Å². The standard InChI is InChI=1S/C15H18BrN3O2/c1-9(2)6-11-14(16)15(20)19-12(18-11)7-10-4-5-13(21-3)17-8-10/h4-5,8-9H,6-7H2,1-3H3,(H,18,19,20). The van der Waals surface area contributed by atoms with Crippen molar-refractivity contribution in [1.29, 1.82) is 0 Å². The van der Waals surface area contributed by atoms with Crippen LogP contribution in [0.1, 0.15) is 30.9 Å². The lowest BCUT2D eigenvalue weighted by atomic mass is 10.1. The number of nitrogens with one attached hydrogen (secondary N) is 1. The van der Waals surface area contributed by atoms with Gasteiger partial charge in [-0.15, -0.1) is 0 Å². The lowest BCUT2D eigenvalue weighted by Gasteiger charge is -2.09. The van der Waals surface area contributed by atoms with Gasteiger partial charge in [-0.3, -0.25) is 4.79 Å². The molecule has 1 N–H and O–H groups in total. The van der Waals surface area contributed by atoms with Crippen molar-refractivity contribution in [3.63, 3.8) is 0 Å². The van der Waals surface area contributed by atoms with Crippen LogP contribution in [0.15, 0.2) is 27.6 Å². The maximum Gasteiger partial charge on any atom is 0.265 e. The van der Waals surface area contributed by atoms with E-state index in [1.54, 1.807) is 19.4 Å². The van der Waals surface area contributed by atoms with Gasteiger partial charge in [-0.2, -0.15) is 0 Å². The first-order valence-corrected chi connectivity index (χ1v) is 7.55. The van der Waals surface area contributed by atoms with E-state index >= 15 is 0 Å². The largest absolute Gasteiger partial charge is 0.481 e. The Morgan fingerprint density at radius 3 is 2.71 bits per heavy atom. The number of nitrogens with zero attached hydrogens (tertiary/aromatic N) is 2. The van der Waals surface area contributed by atoms with Gasteiger partial charge in [0.25, 0.3) is 5.56 Å². The van der Waals surface area contributed by atoms with E-state index in [4.69, 9.17) is 4.74 Å². The van der Waals surface area contributed by atoms with Crippen molar-refractivity contribution in [2.24, 2.45) is 5.92 Å². The second-order valence-corrected chi connectivity index (χ2v) is 6.05. The number of hydrogen-bond acceptors (Lipinski definition) is 4. The lowest BCUT2D eigenvalue weighted by molar-refractivity contribution is 0.397. The Kier molecular flexibility index (Phi) is 5.12. The van der Waals surface area contributed by atoms with Crippen LogP contribution in [-0.4, -0.2) is 22.1 Å². The molecular formula is C15H18BrN3O2. The predicted octanol–water partition coefficient (Wildman–Crippen LogP) is 2.73. The second kappa shape index (κ2) is 6.85. The fraction of sp³-hybridized carbons (Fsp3) is 0.400. The van der Waals surface area contributed by atoms with E-state index in [9.17, 15) is 4.79 Å². The van der Waals surface area contributed by atoms with Gasteiger partial charge in [0.1, 0.15) is 10.3 Å². The van der Waals surface area contributed by atoms with Crippen LogP contribution in [-0.2, 0) is 12.8 Å². The zero-order valence-corrected chi connectivity index (χ0v) is 13.9. The highest BCUT2D eigenvalue weighted by Crippen LogP contribution is 2.15. The van der Waals surface area contributed by atoms with E-state index < -0.39 is 0 Å². The molecule has 2 aromatic rings. The van der Waals surface area contributed by atoms with Gasteiger partial charge in [0, 0.05) is 18.7 Å². The summed E-state index contributed by atoms with van der Waals surface area (Å²) >= 11 is 3.31. The fourth-order valence-electron chi connectivity index (χ4n) is 1.99.